The van der Waals surface area contributed by atoms with Gasteiger partial charge < -0.3 is 10.6 Å². The molecule has 25 heavy (non-hydrogen) atoms. The molecule has 0 fully saturated rings. The first-order valence-electron chi connectivity index (χ1n) is 8.33. The van der Waals surface area contributed by atoms with Gasteiger partial charge in [-0.05, 0) is 42.7 Å². The molecule has 0 saturated carbocycles. The largest absolute Gasteiger partial charge is 0.350 e. The highest BCUT2D eigenvalue weighted by atomic mass is 35.5. The van der Waals surface area contributed by atoms with Crippen molar-refractivity contribution < 1.29 is 0 Å². The molecule has 3 rings (SSSR count). The number of nitrogens with one attached hydrogen (secondary N) is 2. The molecule has 3 aromatic rings. The topological polar surface area (TPSA) is 49.8 Å². The summed E-state index contributed by atoms with van der Waals surface area (Å²) in [6, 6.07) is 18.0. The van der Waals surface area contributed by atoms with E-state index < -0.39 is 0 Å². The molecule has 1 aromatic heterocycles. The van der Waals surface area contributed by atoms with Crippen LogP contribution in [-0.4, -0.2) is 9.97 Å². The molecule has 0 radical (unpaired) electrons. The van der Waals surface area contributed by atoms with Gasteiger partial charge in [-0.15, -0.1) is 0 Å². The van der Waals surface area contributed by atoms with Gasteiger partial charge in [0.25, 0.3) is 0 Å². The summed E-state index contributed by atoms with van der Waals surface area (Å²) in [5.74, 6) is 1.34. The minimum atomic E-state index is 0.576. The fourth-order valence-corrected chi connectivity index (χ4v) is 2.70. The summed E-state index contributed by atoms with van der Waals surface area (Å²) in [7, 11) is 0. The van der Waals surface area contributed by atoms with Crippen LogP contribution in [0.3, 0.4) is 0 Å². The summed E-state index contributed by atoms with van der Waals surface area (Å²) in [5.41, 5.74) is 4.22. The number of benzene rings is 2. The zero-order valence-electron chi connectivity index (χ0n) is 14.4. The molecule has 1 heterocycles. The number of halogens is 1. The van der Waals surface area contributed by atoms with Gasteiger partial charge in [0.05, 0.1) is 0 Å². The molecule has 0 unspecified atom stereocenters. The lowest BCUT2D eigenvalue weighted by Crippen LogP contribution is -2.06. The molecule has 4 nitrogen and oxygen atoms in total. The molecule has 0 spiro atoms. The lowest BCUT2D eigenvalue weighted by Gasteiger charge is -2.11. The second-order valence-corrected chi connectivity index (χ2v) is 6.25. The lowest BCUT2D eigenvalue weighted by atomic mass is 10.1. The minimum absolute atomic E-state index is 0.576. The third-order valence-corrected chi connectivity index (χ3v) is 4.25. The Morgan fingerprint density at radius 3 is 2.48 bits per heavy atom. The molecular weight excluding hydrogens is 332 g/mol. The zero-order chi connectivity index (χ0) is 17.6. The molecule has 128 valence electrons. The van der Waals surface area contributed by atoms with Gasteiger partial charge in [0, 0.05) is 29.0 Å². The highest BCUT2D eigenvalue weighted by Gasteiger charge is 2.05. The van der Waals surface area contributed by atoms with Gasteiger partial charge in [0.2, 0.25) is 5.95 Å². The van der Waals surface area contributed by atoms with Crippen LogP contribution in [0.4, 0.5) is 17.5 Å². The van der Waals surface area contributed by atoms with E-state index in [-0.39, 0.29) is 0 Å². The van der Waals surface area contributed by atoms with Crippen LogP contribution in [-0.2, 0) is 13.0 Å². The molecule has 0 saturated heterocycles. The summed E-state index contributed by atoms with van der Waals surface area (Å²) in [6.45, 7) is 4.68. The summed E-state index contributed by atoms with van der Waals surface area (Å²) in [5, 5.41) is 7.30. The maximum absolute atomic E-state index is 6.19. The van der Waals surface area contributed by atoms with E-state index in [0.29, 0.717) is 12.5 Å². The Morgan fingerprint density at radius 1 is 1.00 bits per heavy atom. The van der Waals surface area contributed by atoms with Crippen molar-refractivity contribution in [3.05, 3.63) is 76.4 Å². The Kier molecular flexibility index (Phi) is 5.51. The van der Waals surface area contributed by atoms with Gasteiger partial charge in [-0.1, -0.05) is 48.9 Å². The SMILES string of the molecule is CCc1ccc(Nc2cc(C)nc(NCc3ccccc3Cl)n2)cc1. The molecule has 2 aromatic carbocycles. The fraction of sp³-hybridized carbons (Fsp3) is 0.200. The Balaban J connectivity index is 1.72. The predicted octanol–water partition coefficient (Wildman–Crippen LogP) is 5.36. The Labute approximate surface area is 153 Å². The predicted molar refractivity (Wildman–Crippen MR) is 105 cm³/mol. The van der Waals surface area contributed by atoms with Crippen LogP contribution in [0.5, 0.6) is 0 Å². The van der Waals surface area contributed by atoms with Crippen LogP contribution in [0.1, 0.15) is 23.7 Å². The van der Waals surface area contributed by atoms with E-state index in [1.165, 1.54) is 5.56 Å². The van der Waals surface area contributed by atoms with Crippen LogP contribution in [0.15, 0.2) is 54.6 Å². The lowest BCUT2D eigenvalue weighted by molar-refractivity contribution is 1.03. The third kappa shape index (κ3) is 4.70. The van der Waals surface area contributed by atoms with Crippen molar-refractivity contribution in [1.82, 2.24) is 9.97 Å². The first-order valence-corrected chi connectivity index (χ1v) is 8.71. The number of aromatic nitrogens is 2. The first kappa shape index (κ1) is 17.2. The van der Waals surface area contributed by atoms with E-state index in [1.807, 2.05) is 37.3 Å². The third-order valence-electron chi connectivity index (χ3n) is 3.88. The normalized spacial score (nSPS) is 10.5. The second-order valence-electron chi connectivity index (χ2n) is 5.84. The van der Waals surface area contributed by atoms with Crippen molar-refractivity contribution in [3.63, 3.8) is 0 Å². The molecule has 0 aliphatic rings. The van der Waals surface area contributed by atoms with Crippen LogP contribution in [0.2, 0.25) is 5.02 Å². The van der Waals surface area contributed by atoms with Gasteiger partial charge >= 0.3 is 0 Å². The average Bonchev–Trinajstić information content (AvgIpc) is 2.61. The summed E-state index contributed by atoms with van der Waals surface area (Å²) >= 11 is 6.19. The number of nitrogens with zero attached hydrogens (tertiary/aromatic N) is 2. The Morgan fingerprint density at radius 2 is 1.76 bits per heavy atom. The number of anilines is 3. The van der Waals surface area contributed by atoms with Crippen molar-refractivity contribution >= 4 is 29.1 Å². The average molecular weight is 353 g/mol. The molecule has 5 heteroatoms. The van der Waals surface area contributed by atoms with Crippen LogP contribution < -0.4 is 10.6 Å². The van der Waals surface area contributed by atoms with E-state index in [9.17, 15) is 0 Å². The Hall–Kier alpha value is -2.59. The standard InChI is InChI=1S/C20H21ClN4/c1-3-15-8-10-17(11-9-15)24-19-12-14(2)23-20(25-19)22-13-16-6-4-5-7-18(16)21/h4-12H,3,13H2,1-2H3,(H2,22,23,24,25). The zero-order valence-corrected chi connectivity index (χ0v) is 15.1. The molecule has 0 aliphatic carbocycles. The van der Waals surface area contributed by atoms with E-state index in [1.54, 1.807) is 0 Å². The highest BCUT2D eigenvalue weighted by molar-refractivity contribution is 6.31. The number of hydrogen-bond acceptors (Lipinski definition) is 4. The maximum atomic E-state index is 6.19. The monoisotopic (exact) mass is 352 g/mol. The smallest absolute Gasteiger partial charge is 0.225 e. The van der Waals surface area contributed by atoms with E-state index in [2.05, 4.69) is 51.8 Å². The second kappa shape index (κ2) is 7.99. The summed E-state index contributed by atoms with van der Waals surface area (Å²) in [6.07, 6.45) is 1.03. The van der Waals surface area contributed by atoms with Gasteiger partial charge in [0.1, 0.15) is 5.82 Å². The van der Waals surface area contributed by atoms with Crippen molar-refractivity contribution in [1.29, 1.82) is 0 Å². The molecule has 0 aliphatic heterocycles. The Bertz CT molecular complexity index is 847. The van der Waals surface area contributed by atoms with Crippen LogP contribution in [0, 0.1) is 6.92 Å². The van der Waals surface area contributed by atoms with Crippen molar-refractivity contribution in [2.45, 2.75) is 26.8 Å². The highest BCUT2D eigenvalue weighted by Crippen LogP contribution is 2.19. The van der Waals surface area contributed by atoms with E-state index in [4.69, 9.17) is 11.6 Å². The molecule has 0 bridgehead atoms. The first-order chi connectivity index (χ1) is 12.1. The van der Waals surface area contributed by atoms with Gasteiger partial charge in [0.15, 0.2) is 0 Å². The van der Waals surface area contributed by atoms with Crippen molar-refractivity contribution in [2.75, 3.05) is 10.6 Å². The van der Waals surface area contributed by atoms with E-state index in [0.717, 1.165) is 34.2 Å². The minimum Gasteiger partial charge on any atom is -0.350 e. The number of aryl methyl sites for hydroxylation is 2. The molecule has 0 atom stereocenters. The molecule has 0 amide bonds. The molecular formula is C20H21ClN4. The van der Waals surface area contributed by atoms with Crippen molar-refractivity contribution in [3.8, 4) is 0 Å². The number of rotatable bonds is 6. The van der Waals surface area contributed by atoms with Gasteiger partial charge in [-0.3, -0.25) is 0 Å². The van der Waals surface area contributed by atoms with E-state index >= 15 is 0 Å². The quantitative estimate of drug-likeness (QED) is 0.627. The summed E-state index contributed by atoms with van der Waals surface area (Å²) < 4.78 is 0. The van der Waals surface area contributed by atoms with Gasteiger partial charge in [-0.25, -0.2) is 4.98 Å². The van der Waals surface area contributed by atoms with Crippen LogP contribution >= 0.6 is 11.6 Å². The van der Waals surface area contributed by atoms with Crippen molar-refractivity contribution in [2.24, 2.45) is 0 Å². The van der Waals surface area contributed by atoms with Gasteiger partial charge in [-0.2, -0.15) is 4.98 Å². The summed E-state index contributed by atoms with van der Waals surface area (Å²) in [4.78, 5) is 8.98. The number of hydrogen-bond donors (Lipinski definition) is 2. The van der Waals surface area contributed by atoms with Crippen LogP contribution in [0.25, 0.3) is 0 Å². The fourth-order valence-electron chi connectivity index (χ4n) is 2.50. The molecule has 2 N–H and O–H groups in total. The maximum Gasteiger partial charge on any atom is 0.225 e.